The Kier molecular flexibility index (Phi) is 2.90. The molecule has 0 saturated carbocycles. The fourth-order valence-electron chi connectivity index (χ4n) is 1.79. The number of benzene rings is 2. The average molecular weight is 263 g/mol. The van der Waals surface area contributed by atoms with E-state index in [0.29, 0.717) is 22.8 Å². The normalized spacial score (nSPS) is 10.2. The summed E-state index contributed by atoms with van der Waals surface area (Å²) in [5.74, 6) is 0.917. The molecule has 0 amide bonds. The zero-order valence-electron chi connectivity index (χ0n) is 10.3. The molecule has 1 aromatic heterocycles. The number of hydrogen-bond acceptors (Lipinski definition) is 5. The Bertz CT molecular complexity index is 785. The fraction of sp³-hybridized carbons (Fsp3) is 0. The van der Waals surface area contributed by atoms with Crippen molar-refractivity contribution in [1.82, 2.24) is 10.1 Å². The van der Waals surface area contributed by atoms with Crippen molar-refractivity contribution in [3.05, 3.63) is 54.1 Å². The highest BCUT2D eigenvalue weighted by Crippen LogP contribution is 2.24. The first-order chi connectivity index (χ1) is 9.76. The summed E-state index contributed by atoms with van der Waals surface area (Å²) in [5, 5.41) is 22.1. The molecule has 0 fully saturated rings. The van der Waals surface area contributed by atoms with Gasteiger partial charge in [-0.2, -0.15) is 10.2 Å². The van der Waals surface area contributed by atoms with Crippen LogP contribution >= 0.6 is 0 Å². The lowest BCUT2D eigenvalue weighted by atomic mass is 10.1. The van der Waals surface area contributed by atoms with Crippen LogP contribution in [0.15, 0.2) is 53.1 Å². The van der Waals surface area contributed by atoms with E-state index in [1.54, 1.807) is 48.5 Å². The van der Waals surface area contributed by atoms with Gasteiger partial charge in [0.05, 0.1) is 11.6 Å². The van der Waals surface area contributed by atoms with Gasteiger partial charge in [-0.1, -0.05) is 17.3 Å². The maximum absolute atomic E-state index is 9.44. The zero-order valence-corrected chi connectivity index (χ0v) is 10.3. The molecule has 0 aliphatic heterocycles. The first kappa shape index (κ1) is 11.9. The van der Waals surface area contributed by atoms with Gasteiger partial charge < -0.3 is 9.63 Å². The minimum atomic E-state index is 0.146. The van der Waals surface area contributed by atoms with E-state index in [0.717, 1.165) is 5.56 Å². The number of nitrogens with zero attached hydrogens (tertiary/aromatic N) is 3. The van der Waals surface area contributed by atoms with Crippen molar-refractivity contribution in [2.24, 2.45) is 0 Å². The van der Waals surface area contributed by atoms with Gasteiger partial charge in [-0.3, -0.25) is 0 Å². The Balaban J connectivity index is 1.95. The highest BCUT2D eigenvalue weighted by molar-refractivity contribution is 5.61. The van der Waals surface area contributed by atoms with Crippen molar-refractivity contribution < 1.29 is 9.63 Å². The molecule has 0 aliphatic carbocycles. The highest BCUT2D eigenvalue weighted by Gasteiger charge is 2.10. The summed E-state index contributed by atoms with van der Waals surface area (Å²) < 4.78 is 5.19. The quantitative estimate of drug-likeness (QED) is 0.768. The molecule has 96 valence electrons. The monoisotopic (exact) mass is 263 g/mol. The van der Waals surface area contributed by atoms with Crippen LogP contribution in [0.2, 0.25) is 0 Å². The van der Waals surface area contributed by atoms with Crippen molar-refractivity contribution in [1.29, 1.82) is 5.26 Å². The van der Waals surface area contributed by atoms with E-state index in [1.165, 1.54) is 0 Å². The van der Waals surface area contributed by atoms with Crippen LogP contribution in [-0.4, -0.2) is 15.2 Å². The number of rotatable bonds is 2. The molecule has 0 saturated heterocycles. The number of phenolic OH excluding ortho intramolecular Hbond substituents is 1. The maximum atomic E-state index is 9.44. The largest absolute Gasteiger partial charge is 0.508 e. The van der Waals surface area contributed by atoms with E-state index in [2.05, 4.69) is 10.1 Å². The van der Waals surface area contributed by atoms with Gasteiger partial charge in [-0.15, -0.1) is 0 Å². The molecule has 0 spiro atoms. The molecule has 0 atom stereocenters. The first-order valence-electron chi connectivity index (χ1n) is 5.90. The Morgan fingerprint density at radius 3 is 2.55 bits per heavy atom. The van der Waals surface area contributed by atoms with Crippen LogP contribution in [-0.2, 0) is 0 Å². The molecular formula is C15H9N3O2. The summed E-state index contributed by atoms with van der Waals surface area (Å²) in [6.45, 7) is 0. The van der Waals surface area contributed by atoms with E-state index >= 15 is 0 Å². The summed E-state index contributed by atoms with van der Waals surface area (Å²) in [5.41, 5.74) is 1.98. The maximum Gasteiger partial charge on any atom is 0.258 e. The van der Waals surface area contributed by atoms with Gasteiger partial charge in [0, 0.05) is 11.1 Å². The standard InChI is InChI=1S/C15H9N3O2/c16-9-10-4-6-11(7-5-10)15-17-14(18-20-15)12-2-1-3-13(19)8-12/h1-8,19H. The number of hydrogen-bond donors (Lipinski definition) is 1. The number of aromatic hydroxyl groups is 1. The van der Waals surface area contributed by atoms with Crippen LogP contribution in [0.5, 0.6) is 5.75 Å². The van der Waals surface area contributed by atoms with Crippen molar-refractivity contribution in [2.45, 2.75) is 0 Å². The Morgan fingerprint density at radius 1 is 1.05 bits per heavy atom. The van der Waals surface area contributed by atoms with Gasteiger partial charge >= 0.3 is 0 Å². The molecule has 1 heterocycles. The zero-order chi connectivity index (χ0) is 13.9. The SMILES string of the molecule is N#Cc1ccc(-c2nc(-c3cccc(O)c3)no2)cc1. The van der Waals surface area contributed by atoms with E-state index in [9.17, 15) is 5.11 Å². The third kappa shape index (κ3) is 2.22. The first-order valence-corrected chi connectivity index (χ1v) is 5.90. The third-order valence-electron chi connectivity index (χ3n) is 2.79. The predicted molar refractivity (Wildman–Crippen MR) is 71.5 cm³/mol. The number of nitriles is 1. The van der Waals surface area contributed by atoms with Crippen molar-refractivity contribution in [3.63, 3.8) is 0 Å². The van der Waals surface area contributed by atoms with E-state index in [1.807, 2.05) is 6.07 Å². The molecule has 1 N–H and O–H groups in total. The van der Waals surface area contributed by atoms with Gasteiger partial charge in [0.1, 0.15) is 5.75 Å². The molecule has 3 aromatic rings. The molecule has 0 radical (unpaired) electrons. The second kappa shape index (κ2) is 4.86. The second-order valence-corrected chi connectivity index (χ2v) is 4.16. The lowest BCUT2D eigenvalue weighted by Gasteiger charge is -1.95. The Labute approximate surface area is 114 Å². The van der Waals surface area contributed by atoms with Crippen molar-refractivity contribution in [2.75, 3.05) is 0 Å². The average Bonchev–Trinajstić information content (AvgIpc) is 2.97. The molecule has 5 nitrogen and oxygen atoms in total. The third-order valence-corrected chi connectivity index (χ3v) is 2.79. The molecule has 2 aromatic carbocycles. The van der Waals surface area contributed by atoms with E-state index in [-0.39, 0.29) is 5.75 Å². The predicted octanol–water partition coefficient (Wildman–Crippen LogP) is 2.98. The minimum absolute atomic E-state index is 0.146. The topological polar surface area (TPSA) is 82.9 Å². The molecule has 0 aliphatic rings. The van der Waals surface area contributed by atoms with Gasteiger partial charge in [0.25, 0.3) is 5.89 Å². The number of phenols is 1. The van der Waals surface area contributed by atoms with Crippen LogP contribution < -0.4 is 0 Å². The second-order valence-electron chi connectivity index (χ2n) is 4.16. The van der Waals surface area contributed by atoms with Gasteiger partial charge in [0.15, 0.2) is 0 Å². The smallest absolute Gasteiger partial charge is 0.258 e. The van der Waals surface area contributed by atoms with Crippen LogP contribution in [0.25, 0.3) is 22.8 Å². The van der Waals surface area contributed by atoms with Crippen molar-refractivity contribution >= 4 is 0 Å². The van der Waals surface area contributed by atoms with E-state index < -0.39 is 0 Å². The summed E-state index contributed by atoms with van der Waals surface area (Å²) in [6.07, 6.45) is 0. The van der Waals surface area contributed by atoms with Gasteiger partial charge in [0.2, 0.25) is 5.82 Å². The summed E-state index contributed by atoms with van der Waals surface area (Å²) in [6, 6.07) is 15.6. The van der Waals surface area contributed by atoms with Crippen LogP contribution in [0.3, 0.4) is 0 Å². The molecule has 0 unspecified atom stereocenters. The Hall–Kier alpha value is -3.13. The molecule has 5 heteroatoms. The fourth-order valence-corrected chi connectivity index (χ4v) is 1.79. The van der Waals surface area contributed by atoms with E-state index in [4.69, 9.17) is 9.78 Å². The summed E-state index contributed by atoms with van der Waals surface area (Å²) >= 11 is 0. The lowest BCUT2D eigenvalue weighted by Crippen LogP contribution is -1.81. The molecule has 0 bridgehead atoms. The number of aromatic nitrogens is 2. The van der Waals surface area contributed by atoms with Crippen LogP contribution in [0, 0.1) is 11.3 Å². The highest BCUT2D eigenvalue weighted by atomic mass is 16.5. The van der Waals surface area contributed by atoms with Crippen LogP contribution in [0.4, 0.5) is 0 Å². The van der Waals surface area contributed by atoms with Crippen LogP contribution in [0.1, 0.15) is 5.56 Å². The minimum Gasteiger partial charge on any atom is -0.508 e. The van der Waals surface area contributed by atoms with Gasteiger partial charge in [-0.05, 0) is 36.4 Å². The van der Waals surface area contributed by atoms with Gasteiger partial charge in [-0.25, -0.2) is 0 Å². The molecule has 3 rings (SSSR count). The van der Waals surface area contributed by atoms with Crippen molar-refractivity contribution in [3.8, 4) is 34.7 Å². The molecule has 20 heavy (non-hydrogen) atoms. The summed E-state index contributed by atoms with van der Waals surface area (Å²) in [4.78, 5) is 4.28. The molecular weight excluding hydrogens is 254 g/mol. The Morgan fingerprint density at radius 2 is 1.85 bits per heavy atom. The lowest BCUT2D eigenvalue weighted by molar-refractivity contribution is 0.432. The summed E-state index contributed by atoms with van der Waals surface area (Å²) in [7, 11) is 0.